The fourth-order valence-corrected chi connectivity index (χ4v) is 2.40. The fourth-order valence-electron chi connectivity index (χ4n) is 2.40. The van der Waals surface area contributed by atoms with Crippen LogP contribution in [0.5, 0.6) is 0 Å². The number of nitrogens with zero attached hydrogens (tertiary/aromatic N) is 2. The lowest BCUT2D eigenvalue weighted by Crippen LogP contribution is -2.33. The standard InChI is InChI=1S/C16H25N3/c1-5-19(6-2)11-10-18-15(12-17)16-13(3)8-7-9-14(16)4/h7-9,15,18H,5-6,10-11H2,1-4H3. The van der Waals surface area contributed by atoms with Crippen molar-refractivity contribution in [1.29, 1.82) is 5.26 Å². The molecule has 0 saturated heterocycles. The number of benzene rings is 1. The van der Waals surface area contributed by atoms with Gasteiger partial charge in [0.15, 0.2) is 0 Å². The van der Waals surface area contributed by atoms with Gasteiger partial charge in [-0.3, -0.25) is 5.32 Å². The number of rotatable bonds is 7. The Bertz CT molecular complexity index is 410. The van der Waals surface area contributed by atoms with Crippen LogP contribution in [0.15, 0.2) is 18.2 Å². The van der Waals surface area contributed by atoms with Crippen molar-refractivity contribution in [2.45, 2.75) is 33.7 Å². The SMILES string of the molecule is CCN(CC)CCNC(C#N)c1c(C)cccc1C. The molecule has 1 aromatic rings. The maximum Gasteiger partial charge on any atom is 0.121 e. The first kappa shape index (κ1) is 15.7. The van der Waals surface area contributed by atoms with E-state index in [9.17, 15) is 5.26 Å². The monoisotopic (exact) mass is 259 g/mol. The van der Waals surface area contributed by atoms with Crippen molar-refractivity contribution < 1.29 is 0 Å². The van der Waals surface area contributed by atoms with Gasteiger partial charge in [0.1, 0.15) is 6.04 Å². The van der Waals surface area contributed by atoms with E-state index in [-0.39, 0.29) is 6.04 Å². The Morgan fingerprint density at radius 3 is 2.26 bits per heavy atom. The Labute approximate surface area is 117 Å². The van der Waals surface area contributed by atoms with Gasteiger partial charge >= 0.3 is 0 Å². The highest BCUT2D eigenvalue weighted by molar-refractivity contribution is 5.38. The Morgan fingerprint density at radius 2 is 1.79 bits per heavy atom. The molecule has 104 valence electrons. The zero-order valence-electron chi connectivity index (χ0n) is 12.5. The summed E-state index contributed by atoms with van der Waals surface area (Å²) in [5.74, 6) is 0. The van der Waals surface area contributed by atoms with E-state index in [1.54, 1.807) is 0 Å². The van der Waals surface area contributed by atoms with Crippen LogP contribution in [0.2, 0.25) is 0 Å². The van der Waals surface area contributed by atoms with Crippen LogP contribution in [0.4, 0.5) is 0 Å². The molecule has 0 spiro atoms. The van der Waals surface area contributed by atoms with Crippen molar-refractivity contribution >= 4 is 0 Å². The third kappa shape index (κ3) is 4.34. The molecule has 1 N–H and O–H groups in total. The van der Waals surface area contributed by atoms with E-state index in [0.717, 1.165) is 31.7 Å². The van der Waals surface area contributed by atoms with E-state index >= 15 is 0 Å². The minimum Gasteiger partial charge on any atom is -0.303 e. The Hall–Kier alpha value is -1.37. The largest absolute Gasteiger partial charge is 0.303 e. The molecule has 1 atom stereocenters. The molecule has 0 aliphatic rings. The smallest absolute Gasteiger partial charge is 0.121 e. The van der Waals surface area contributed by atoms with Crippen LogP contribution in [-0.2, 0) is 0 Å². The second-order valence-corrected chi connectivity index (χ2v) is 4.85. The molecular weight excluding hydrogens is 234 g/mol. The molecule has 0 aliphatic carbocycles. The molecule has 1 rings (SSSR count). The quantitative estimate of drug-likeness (QED) is 0.818. The Morgan fingerprint density at radius 1 is 1.21 bits per heavy atom. The number of nitrogens with one attached hydrogen (secondary N) is 1. The van der Waals surface area contributed by atoms with Crippen molar-refractivity contribution in [2.75, 3.05) is 26.2 Å². The molecule has 0 bridgehead atoms. The minimum absolute atomic E-state index is 0.211. The highest BCUT2D eigenvalue weighted by atomic mass is 15.1. The van der Waals surface area contributed by atoms with Crippen molar-refractivity contribution in [3.8, 4) is 6.07 Å². The molecule has 3 heteroatoms. The summed E-state index contributed by atoms with van der Waals surface area (Å²) < 4.78 is 0. The highest BCUT2D eigenvalue weighted by Crippen LogP contribution is 2.21. The number of hydrogen-bond acceptors (Lipinski definition) is 3. The Kier molecular flexibility index (Phi) is 6.55. The third-order valence-electron chi connectivity index (χ3n) is 3.63. The van der Waals surface area contributed by atoms with Gasteiger partial charge < -0.3 is 4.90 Å². The van der Waals surface area contributed by atoms with Crippen molar-refractivity contribution in [3.05, 3.63) is 34.9 Å². The van der Waals surface area contributed by atoms with Crippen molar-refractivity contribution in [2.24, 2.45) is 0 Å². The van der Waals surface area contributed by atoms with E-state index in [1.807, 2.05) is 6.07 Å². The van der Waals surface area contributed by atoms with Gasteiger partial charge in [-0.05, 0) is 43.6 Å². The van der Waals surface area contributed by atoms with Crippen LogP contribution in [-0.4, -0.2) is 31.1 Å². The molecule has 19 heavy (non-hydrogen) atoms. The van der Waals surface area contributed by atoms with Gasteiger partial charge in [0, 0.05) is 13.1 Å². The molecule has 1 aromatic carbocycles. The third-order valence-corrected chi connectivity index (χ3v) is 3.63. The average Bonchev–Trinajstić information content (AvgIpc) is 2.41. The van der Waals surface area contributed by atoms with E-state index in [4.69, 9.17) is 0 Å². The van der Waals surface area contributed by atoms with Gasteiger partial charge in [0.25, 0.3) is 0 Å². The summed E-state index contributed by atoms with van der Waals surface area (Å²) in [7, 11) is 0. The minimum atomic E-state index is -0.211. The number of aryl methyl sites for hydroxylation is 2. The molecule has 0 amide bonds. The summed E-state index contributed by atoms with van der Waals surface area (Å²) in [4.78, 5) is 2.35. The van der Waals surface area contributed by atoms with E-state index < -0.39 is 0 Å². The topological polar surface area (TPSA) is 39.1 Å². The molecule has 0 saturated carbocycles. The number of likely N-dealkylation sites (N-methyl/N-ethyl adjacent to an activating group) is 1. The maximum absolute atomic E-state index is 9.38. The normalized spacial score (nSPS) is 12.4. The first-order valence-electron chi connectivity index (χ1n) is 7.05. The van der Waals surface area contributed by atoms with E-state index in [2.05, 4.69) is 56.1 Å². The van der Waals surface area contributed by atoms with E-state index in [0.29, 0.717) is 0 Å². The van der Waals surface area contributed by atoms with Gasteiger partial charge in [-0.2, -0.15) is 5.26 Å². The molecule has 3 nitrogen and oxygen atoms in total. The second-order valence-electron chi connectivity index (χ2n) is 4.85. The second kappa shape index (κ2) is 7.93. The zero-order chi connectivity index (χ0) is 14.3. The van der Waals surface area contributed by atoms with Gasteiger partial charge in [0.05, 0.1) is 6.07 Å². The predicted octanol–water partition coefficient (Wildman–Crippen LogP) is 2.80. The van der Waals surface area contributed by atoms with Crippen molar-refractivity contribution in [3.63, 3.8) is 0 Å². The lowest BCUT2D eigenvalue weighted by Gasteiger charge is -2.21. The van der Waals surface area contributed by atoms with Crippen LogP contribution in [0.25, 0.3) is 0 Å². The summed E-state index contributed by atoms with van der Waals surface area (Å²) in [5, 5.41) is 12.7. The molecule has 0 aliphatic heterocycles. The predicted molar refractivity (Wildman–Crippen MR) is 80.1 cm³/mol. The average molecular weight is 259 g/mol. The van der Waals surface area contributed by atoms with Gasteiger partial charge in [-0.15, -0.1) is 0 Å². The number of nitriles is 1. The van der Waals surface area contributed by atoms with E-state index in [1.165, 1.54) is 11.1 Å². The maximum atomic E-state index is 9.38. The summed E-state index contributed by atoms with van der Waals surface area (Å²) in [6.07, 6.45) is 0. The van der Waals surface area contributed by atoms with Gasteiger partial charge in [0.2, 0.25) is 0 Å². The van der Waals surface area contributed by atoms with Crippen LogP contribution < -0.4 is 5.32 Å². The van der Waals surface area contributed by atoms with Crippen LogP contribution >= 0.6 is 0 Å². The fraction of sp³-hybridized carbons (Fsp3) is 0.562. The summed E-state index contributed by atoms with van der Waals surface area (Å²) in [6, 6.07) is 8.35. The zero-order valence-corrected chi connectivity index (χ0v) is 12.5. The summed E-state index contributed by atoms with van der Waals surface area (Å²) in [5.41, 5.74) is 3.49. The highest BCUT2D eigenvalue weighted by Gasteiger charge is 2.14. The molecule has 0 aromatic heterocycles. The summed E-state index contributed by atoms with van der Waals surface area (Å²) in [6.45, 7) is 12.4. The number of hydrogen-bond donors (Lipinski definition) is 1. The molecule has 0 fully saturated rings. The Balaban J connectivity index is 2.67. The summed E-state index contributed by atoms with van der Waals surface area (Å²) >= 11 is 0. The van der Waals surface area contributed by atoms with Gasteiger partial charge in [-0.25, -0.2) is 0 Å². The van der Waals surface area contributed by atoms with Crippen molar-refractivity contribution in [1.82, 2.24) is 10.2 Å². The van der Waals surface area contributed by atoms with Crippen LogP contribution in [0.1, 0.15) is 36.6 Å². The van der Waals surface area contributed by atoms with Crippen LogP contribution in [0, 0.1) is 25.2 Å². The lowest BCUT2D eigenvalue weighted by atomic mass is 9.97. The first-order valence-corrected chi connectivity index (χ1v) is 7.05. The molecule has 0 radical (unpaired) electrons. The molecule has 0 heterocycles. The molecule has 1 unspecified atom stereocenters. The lowest BCUT2D eigenvalue weighted by molar-refractivity contribution is 0.300. The first-order chi connectivity index (χ1) is 9.13. The molecular formula is C16H25N3. The van der Waals surface area contributed by atoms with Gasteiger partial charge in [-0.1, -0.05) is 32.0 Å². The van der Waals surface area contributed by atoms with Crippen LogP contribution in [0.3, 0.4) is 0 Å².